The summed E-state index contributed by atoms with van der Waals surface area (Å²) < 4.78 is 41.0. The minimum atomic E-state index is -3.92. The summed E-state index contributed by atoms with van der Waals surface area (Å²) >= 11 is 1.59. The summed E-state index contributed by atoms with van der Waals surface area (Å²) in [5.74, 6) is -1.14. The SMILES string of the molecule is CCc1ccc([C@@H](NC(=O)C2CCN(S(=O)(=O)c3ccccc3F)CC2)c2cccs2)cc1. The molecule has 0 radical (unpaired) electrons. The van der Waals surface area contributed by atoms with Gasteiger partial charge in [0.1, 0.15) is 10.7 Å². The Morgan fingerprint density at radius 2 is 1.79 bits per heavy atom. The molecule has 1 fully saturated rings. The van der Waals surface area contributed by atoms with Crippen molar-refractivity contribution < 1.29 is 17.6 Å². The number of rotatable bonds is 7. The van der Waals surface area contributed by atoms with E-state index >= 15 is 0 Å². The van der Waals surface area contributed by atoms with Crippen molar-refractivity contribution >= 4 is 27.3 Å². The van der Waals surface area contributed by atoms with Gasteiger partial charge >= 0.3 is 0 Å². The monoisotopic (exact) mass is 486 g/mol. The van der Waals surface area contributed by atoms with Crippen LogP contribution in [0, 0.1) is 11.7 Å². The zero-order valence-corrected chi connectivity index (χ0v) is 20.0. The minimum absolute atomic E-state index is 0.0871. The zero-order valence-electron chi connectivity index (χ0n) is 18.4. The number of sulfonamides is 1. The predicted molar refractivity (Wildman–Crippen MR) is 128 cm³/mol. The normalized spacial score (nSPS) is 16.4. The highest BCUT2D eigenvalue weighted by atomic mass is 32.2. The van der Waals surface area contributed by atoms with Crippen molar-refractivity contribution in [1.82, 2.24) is 9.62 Å². The van der Waals surface area contributed by atoms with Crippen molar-refractivity contribution in [3.8, 4) is 0 Å². The third kappa shape index (κ3) is 5.18. The van der Waals surface area contributed by atoms with Crippen LogP contribution >= 0.6 is 11.3 Å². The van der Waals surface area contributed by atoms with Gasteiger partial charge in [-0.15, -0.1) is 11.3 Å². The van der Waals surface area contributed by atoms with E-state index in [4.69, 9.17) is 0 Å². The van der Waals surface area contributed by atoms with Crippen LogP contribution in [0.5, 0.6) is 0 Å². The summed E-state index contributed by atoms with van der Waals surface area (Å²) in [6.07, 6.45) is 1.74. The van der Waals surface area contributed by atoms with Gasteiger partial charge < -0.3 is 5.32 Å². The Morgan fingerprint density at radius 1 is 1.09 bits per heavy atom. The van der Waals surface area contributed by atoms with E-state index in [1.807, 2.05) is 29.6 Å². The van der Waals surface area contributed by atoms with Crippen molar-refractivity contribution in [3.63, 3.8) is 0 Å². The molecule has 2 aromatic carbocycles. The lowest BCUT2D eigenvalue weighted by Gasteiger charge is -2.31. The molecular formula is C25H27FN2O3S2. The number of hydrogen-bond acceptors (Lipinski definition) is 4. The highest BCUT2D eigenvalue weighted by Gasteiger charge is 2.34. The molecule has 174 valence electrons. The first kappa shape index (κ1) is 23.6. The van der Waals surface area contributed by atoms with Crippen LogP contribution in [-0.2, 0) is 21.2 Å². The second-order valence-electron chi connectivity index (χ2n) is 8.16. The fourth-order valence-corrected chi connectivity index (χ4v) is 6.47. The zero-order chi connectivity index (χ0) is 23.4. The first-order chi connectivity index (χ1) is 15.9. The molecule has 1 aliphatic rings. The Labute approximate surface area is 198 Å². The van der Waals surface area contributed by atoms with Gasteiger partial charge in [-0.1, -0.05) is 49.4 Å². The summed E-state index contributed by atoms with van der Waals surface area (Å²) in [5.41, 5.74) is 2.25. The number of amides is 1. The standard InChI is InChI=1S/C25H27FN2O3S2/c1-2-18-9-11-19(12-10-18)24(22-7-5-17-32-22)27-25(29)20-13-15-28(16-14-20)33(30,31)23-8-4-3-6-21(23)26/h3-12,17,20,24H,2,13-16H2,1H3,(H,27,29)/t24-/m1/s1. The van der Waals surface area contributed by atoms with Crippen molar-refractivity contribution in [3.05, 3.63) is 87.9 Å². The van der Waals surface area contributed by atoms with Crippen LogP contribution in [0.4, 0.5) is 4.39 Å². The lowest BCUT2D eigenvalue weighted by atomic mass is 9.95. The minimum Gasteiger partial charge on any atom is -0.344 e. The van der Waals surface area contributed by atoms with Gasteiger partial charge in [0.15, 0.2) is 0 Å². The molecule has 0 saturated carbocycles. The van der Waals surface area contributed by atoms with Gasteiger partial charge in [-0.3, -0.25) is 4.79 Å². The van der Waals surface area contributed by atoms with Crippen LogP contribution in [0.1, 0.15) is 41.8 Å². The van der Waals surface area contributed by atoms with E-state index in [1.54, 1.807) is 11.3 Å². The molecule has 1 saturated heterocycles. The van der Waals surface area contributed by atoms with E-state index in [0.717, 1.165) is 22.9 Å². The van der Waals surface area contributed by atoms with Crippen LogP contribution in [-0.4, -0.2) is 31.7 Å². The van der Waals surface area contributed by atoms with Crippen molar-refractivity contribution in [2.75, 3.05) is 13.1 Å². The molecule has 1 atom stereocenters. The summed E-state index contributed by atoms with van der Waals surface area (Å²) in [4.78, 5) is 13.9. The first-order valence-corrected chi connectivity index (χ1v) is 13.4. The maximum Gasteiger partial charge on any atom is 0.245 e. The van der Waals surface area contributed by atoms with Crippen LogP contribution in [0.25, 0.3) is 0 Å². The predicted octanol–water partition coefficient (Wildman–Crippen LogP) is 4.76. The van der Waals surface area contributed by atoms with E-state index in [0.29, 0.717) is 12.8 Å². The summed E-state index contributed by atoms with van der Waals surface area (Å²) in [5, 5.41) is 5.17. The van der Waals surface area contributed by atoms with E-state index in [9.17, 15) is 17.6 Å². The number of hydrogen-bond donors (Lipinski definition) is 1. The number of halogens is 1. The van der Waals surface area contributed by atoms with Crippen molar-refractivity contribution in [2.24, 2.45) is 5.92 Å². The number of carbonyl (C=O) groups excluding carboxylic acids is 1. The van der Waals surface area contributed by atoms with E-state index < -0.39 is 15.8 Å². The number of carbonyl (C=O) groups is 1. The molecule has 2 heterocycles. The average Bonchev–Trinajstić information content (AvgIpc) is 3.37. The maximum absolute atomic E-state index is 14.1. The van der Waals surface area contributed by atoms with Crippen LogP contribution in [0.15, 0.2) is 70.9 Å². The molecule has 1 aromatic heterocycles. The number of nitrogens with zero attached hydrogens (tertiary/aromatic N) is 1. The molecule has 5 nitrogen and oxygen atoms in total. The van der Waals surface area contributed by atoms with Gasteiger partial charge in [0.2, 0.25) is 15.9 Å². The fourth-order valence-electron chi connectivity index (χ4n) is 4.13. The van der Waals surface area contributed by atoms with Crippen LogP contribution < -0.4 is 5.32 Å². The fraction of sp³-hybridized carbons (Fsp3) is 0.320. The molecule has 0 spiro atoms. The van der Waals surface area contributed by atoms with Crippen LogP contribution in [0.3, 0.4) is 0 Å². The molecule has 0 bridgehead atoms. The summed E-state index contributed by atoms with van der Waals surface area (Å²) in [6, 6.07) is 17.4. The average molecular weight is 487 g/mol. The van der Waals surface area contributed by atoms with E-state index in [1.165, 1.54) is 28.1 Å². The second kappa shape index (κ2) is 10.2. The summed E-state index contributed by atoms with van der Waals surface area (Å²) in [7, 11) is -3.92. The lowest BCUT2D eigenvalue weighted by molar-refractivity contribution is -0.126. The first-order valence-electron chi connectivity index (χ1n) is 11.1. The molecule has 1 N–H and O–H groups in total. The summed E-state index contributed by atoms with van der Waals surface area (Å²) in [6.45, 7) is 2.47. The number of piperidine rings is 1. The molecule has 33 heavy (non-hydrogen) atoms. The van der Waals surface area contributed by atoms with Crippen LogP contribution in [0.2, 0.25) is 0 Å². The lowest BCUT2D eigenvalue weighted by Crippen LogP contribution is -2.43. The molecule has 1 amide bonds. The van der Waals surface area contributed by atoms with Gasteiger partial charge in [-0.05, 0) is 54.0 Å². The third-order valence-electron chi connectivity index (χ3n) is 6.11. The molecule has 8 heteroatoms. The number of thiophene rings is 1. The molecular weight excluding hydrogens is 459 g/mol. The number of aryl methyl sites for hydroxylation is 1. The third-order valence-corrected chi connectivity index (χ3v) is 8.98. The van der Waals surface area contributed by atoms with Crippen molar-refractivity contribution in [2.45, 2.75) is 37.1 Å². The number of benzene rings is 2. The second-order valence-corrected chi connectivity index (χ2v) is 11.0. The smallest absolute Gasteiger partial charge is 0.245 e. The Hall–Kier alpha value is -2.55. The number of nitrogens with one attached hydrogen (secondary N) is 1. The maximum atomic E-state index is 14.1. The van der Waals surface area contributed by atoms with Gasteiger partial charge in [-0.2, -0.15) is 4.31 Å². The molecule has 0 aliphatic carbocycles. The van der Waals surface area contributed by atoms with Gasteiger partial charge in [0.05, 0.1) is 6.04 Å². The van der Waals surface area contributed by atoms with E-state index in [-0.39, 0.29) is 35.9 Å². The Balaban J connectivity index is 1.44. The molecule has 1 aliphatic heterocycles. The van der Waals surface area contributed by atoms with Gasteiger partial charge in [0.25, 0.3) is 0 Å². The largest absolute Gasteiger partial charge is 0.344 e. The molecule has 3 aromatic rings. The Morgan fingerprint density at radius 3 is 2.39 bits per heavy atom. The highest BCUT2D eigenvalue weighted by molar-refractivity contribution is 7.89. The Bertz CT molecular complexity index is 1190. The Kier molecular flexibility index (Phi) is 7.26. The topological polar surface area (TPSA) is 66.5 Å². The molecule has 4 rings (SSSR count). The van der Waals surface area contributed by atoms with E-state index in [2.05, 4.69) is 24.4 Å². The van der Waals surface area contributed by atoms with Gasteiger partial charge in [0, 0.05) is 23.9 Å². The highest BCUT2D eigenvalue weighted by Crippen LogP contribution is 2.29. The van der Waals surface area contributed by atoms with Crippen molar-refractivity contribution in [1.29, 1.82) is 0 Å². The quantitative estimate of drug-likeness (QED) is 0.524. The molecule has 0 unspecified atom stereocenters. The van der Waals surface area contributed by atoms with Gasteiger partial charge in [-0.25, -0.2) is 12.8 Å².